The van der Waals surface area contributed by atoms with Crippen LogP contribution in [0.5, 0.6) is 0 Å². The van der Waals surface area contributed by atoms with Crippen molar-refractivity contribution >= 4 is 17.1 Å². The fourth-order valence-electron chi connectivity index (χ4n) is 2.94. The molecule has 7 heteroatoms. The van der Waals surface area contributed by atoms with Gasteiger partial charge in [-0.1, -0.05) is 17.3 Å². The number of anilines is 1. The second-order valence-electron chi connectivity index (χ2n) is 5.74. The summed E-state index contributed by atoms with van der Waals surface area (Å²) < 4.78 is 16.6. The first kappa shape index (κ1) is 14.2. The van der Waals surface area contributed by atoms with E-state index in [1.54, 1.807) is 0 Å². The summed E-state index contributed by atoms with van der Waals surface area (Å²) in [6, 6.07) is 8.02. The number of para-hydroxylation sites is 2. The number of nitrogens with zero attached hydrogens (tertiary/aromatic N) is 3. The molecule has 7 nitrogen and oxygen atoms in total. The molecule has 0 saturated carbocycles. The fourth-order valence-corrected chi connectivity index (χ4v) is 2.94. The van der Waals surface area contributed by atoms with Gasteiger partial charge in [0.2, 0.25) is 5.89 Å². The van der Waals surface area contributed by atoms with E-state index in [9.17, 15) is 0 Å². The van der Waals surface area contributed by atoms with Crippen LogP contribution in [-0.2, 0) is 4.74 Å². The number of benzene rings is 1. The predicted octanol–water partition coefficient (Wildman–Crippen LogP) is 3.10. The second kappa shape index (κ2) is 6.00. The smallest absolute Gasteiger partial charge is 0.296 e. The van der Waals surface area contributed by atoms with Gasteiger partial charge >= 0.3 is 0 Å². The van der Waals surface area contributed by atoms with Crippen LogP contribution in [-0.4, -0.2) is 28.3 Å². The Morgan fingerprint density at radius 3 is 2.74 bits per heavy atom. The van der Waals surface area contributed by atoms with Crippen LogP contribution in [0.3, 0.4) is 0 Å². The Balaban J connectivity index is 1.63. The average molecular weight is 314 g/mol. The van der Waals surface area contributed by atoms with Crippen LogP contribution in [0.25, 0.3) is 11.1 Å². The summed E-state index contributed by atoms with van der Waals surface area (Å²) in [6.07, 6.45) is 1.86. The zero-order valence-electron chi connectivity index (χ0n) is 12.9. The van der Waals surface area contributed by atoms with E-state index >= 15 is 0 Å². The maximum Gasteiger partial charge on any atom is 0.296 e. The number of aromatic nitrogens is 3. The van der Waals surface area contributed by atoms with E-state index in [0.717, 1.165) is 37.2 Å². The molecular weight excluding hydrogens is 296 g/mol. The minimum Gasteiger partial charge on any atom is -0.424 e. The lowest BCUT2D eigenvalue weighted by Gasteiger charge is -2.27. The third-order valence-electron chi connectivity index (χ3n) is 4.12. The van der Waals surface area contributed by atoms with Crippen LogP contribution in [0.4, 0.5) is 6.01 Å². The summed E-state index contributed by atoms with van der Waals surface area (Å²) in [6.45, 7) is 3.29. The van der Waals surface area contributed by atoms with Gasteiger partial charge in [0, 0.05) is 13.2 Å². The molecule has 2 aromatic heterocycles. The van der Waals surface area contributed by atoms with Crippen LogP contribution < -0.4 is 5.32 Å². The van der Waals surface area contributed by atoms with E-state index in [2.05, 4.69) is 20.4 Å². The predicted molar refractivity (Wildman–Crippen MR) is 83.0 cm³/mol. The second-order valence-corrected chi connectivity index (χ2v) is 5.74. The van der Waals surface area contributed by atoms with Crippen molar-refractivity contribution in [2.45, 2.75) is 25.8 Å². The highest BCUT2D eigenvalue weighted by molar-refractivity contribution is 5.74. The number of hydrogen-bond acceptors (Lipinski definition) is 7. The minimum absolute atomic E-state index is 0.131. The summed E-state index contributed by atoms with van der Waals surface area (Å²) in [5.74, 6) is 1.52. The van der Waals surface area contributed by atoms with E-state index in [0.29, 0.717) is 23.6 Å². The molecule has 1 unspecified atom stereocenters. The summed E-state index contributed by atoms with van der Waals surface area (Å²) >= 11 is 0. The lowest BCUT2D eigenvalue weighted by Crippen LogP contribution is -2.27. The fraction of sp³-hybridized carbons (Fsp3) is 0.438. The molecule has 0 aliphatic carbocycles. The van der Waals surface area contributed by atoms with Gasteiger partial charge in [0.05, 0.1) is 0 Å². The van der Waals surface area contributed by atoms with Crippen molar-refractivity contribution in [3.63, 3.8) is 0 Å². The topological polar surface area (TPSA) is 86.2 Å². The van der Waals surface area contributed by atoms with Crippen LogP contribution in [0.1, 0.15) is 30.6 Å². The van der Waals surface area contributed by atoms with Gasteiger partial charge in [0.25, 0.3) is 6.01 Å². The van der Waals surface area contributed by atoms with Crippen LogP contribution >= 0.6 is 0 Å². The normalized spacial score (nSPS) is 17.4. The summed E-state index contributed by atoms with van der Waals surface area (Å²) in [5, 5.41) is 7.25. The van der Waals surface area contributed by atoms with Gasteiger partial charge in [0.15, 0.2) is 11.4 Å². The number of hydrogen-bond donors (Lipinski definition) is 1. The molecule has 1 atom stereocenters. The van der Waals surface area contributed by atoms with Crippen molar-refractivity contribution in [2.75, 3.05) is 18.5 Å². The van der Waals surface area contributed by atoms with E-state index in [1.165, 1.54) is 0 Å². The quantitative estimate of drug-likeness (QED) is 0.791. The molecule has 1 fully saturated rings. The Hall–Kier alpha value is -2.41. The summed E-state index contributed by atoms with van der Waals surface area (Å²) in [4.78, 5) is 8.87. The van der Waals surface area contributed by atoms with E-state index in [-0.39, 0.29) is 6.04 Å². The highest BCUT2D eigenvalue weighted by Crippen LogP contribution is 2.33. The number of rotatable bonds is 4. The highest BCUT2D eigenvalue weighted by Gasteiger charge is 2.31. The first-order valence-electron chi connectivity index (χ1n) is 7.79. The molecule has 3 aromatic rings. The van der Waals surface area contributed by atoms with Gasteiger partial charge in [-0.05, 0) is 37.8 Å². The first-order valence-corrected chi connectivity index (χ1v) is 7.79. The zero-order valence-corrected chi connectivity index (χ0v) is 12.9. The van der Waals surface area contributed by atoms with Gasteiger partial charge in [-0.15, -0.1) is 0 Å². The number of fused-ring (bicyclic) bond motifs is 1. The summed E-state index contributed by atoms with van der Waals surface area (Å²) in [7, 11) is 0. The van der Waals surface area contributed by atoms with Crippen LogP contribution in [0.2, 0.25) is 0 Å². The zero-order chi connectivity index (χ0) is 15.6. The van der Waals surface area contributed by atoms with Crippen molar-refractivity contribution in [3.8, 4) is 0 Å². The molecule has 23 heavy (non-hydrogen) atoms. The minimum atomic E-state index is -0.131. The van der Waals surface area contributed by atoms with E-state index in [1.807, 2.05) is 31.2 Å². The Labute approximate surface area is 133 Å². The number of aryl methyl sites for hydroxylation is 1. The molecule has 1 aliphatic heterocycles. The van der Waals surface area contributed by atoms with Gasteiger partial charge in [-0.3, -0.25) is 0 Å². The third-order valence-corrected chi connectivity index (χ3v) is 4.12. The molecule has 1 aromatic carbocycles. The largest absolute Gasteiger partial charge is 0.424 e. The molecule has 1 saturated heterocycles. The highest BCUT2D eigenvalue weighted by atomic mass is 16.5. The SMILES string of the molecule is Cc1noc(C(Nc2nc3ccccc3o2)C2CCOCC2)n1. The van der Waals surface area contributed by atoms with Gasteiger partial charge in [-0.2, -0.15) is 9.97 Å². The Morgan fingerprint density at radius 2 is 2.00 bits per heavy atom. The molecular formula is C16H18N4O3. The molecule has 0 spiro atoms. The number of nitrogens with one attached hydrogen (secondary N) is 1. The molecule has 4 rings (SSSR count). The molecule has 3 heterocycles. The molecule has 1 aliphatic rings. The van der Waals surface area contributed by atoms with E-state index in [4.69, 9.17) is 13.7 Å². The maximum absolute atomic E-state index is 5.77. The van der Waals surface area contributed by atoms with Crippen molar-refractivity contribution in [2.24, 2.45) is 5.92 Å². The molecule has 0 amide bonds. The van der Waals surface area contributed by atoms with Crippen molar-refractivity contribution < 1.29 is 13.7 Å². The monoisotopic (exact) mass is 314 g/mol. The van der Waals surface area contributed by atoms with Crippen LogP contribution in [0.15, 0.2) is 33.2 Å². The lowest BCUT2D eigenvalue weighted by molar-refractivity contribution is 0.0568. The van der Waals surface area contributed by atoms with Gasteiger partial charge in [-0.25, -0.2) is 0 Å². The summed E-state index contributed by atoms with van der Waals surface area (Å²) in [5.41, 5.74) is 1.57. The van der Waals surface area contributed by atoms with Crippen LogP contribution in [0, 0.1) is 12.8 Å². The molecule has 1 N–H and O–H groups in total. The van der Waals surface area contributed by atoms with Gasteiger partial charge < -0.3 is 19.0 Å². The standard InChI is InChI=1S/C16H18N4O3/c1-10-17-15(23-20-10)14(11-6-8-21-9-7-11)19-16-18-12-4-2-3-5-13(12)22-16/h2-5,11,14H,6-9H2,1H3,(H,18,19). The molecule has 0 radical (unpaired) electrons. The number of ether oxygens (including phenoxy) is 1. The van der Waals surface area contributed by atoms with Crippen molar-refractivity contribution in [3.05, 3.63) is 36.0 Å². The Kier molecular flexibility index (Phi) is 3.70. The third kappa shape index (κ3) is 2.92. The average Bonchev–Trinajstić information content (AvgIpc) is 3.19. The lowest BCUT2D eigenvalue weighted by atomic mass is 9.91. The van der Waals surface area contributed by atoms with Crippen molar-refractivity contribution in [1.82, 2.24) is 15.1 Å². The molecule has 0 bridgehead atoms. The van der Waals surface area contributed by atoms with Crippen molar-refractivity contribution in [1.29, 1.82) is 0 Å². The first-order chi connectivity index (χ1) is 11.3. The maximum atomic E-state index is 5.77. The van der Waals surface area contributed by atoms with E-state index < -0.39 is 0 Å². The Morgan fingerprint density at radius 1 is 1.17 bits per heavy atom. The molecule has 120 valence electrons. The number of oxazole rings is 1. The van der Waals surface area contributed by atoms with Gasteiger partial charge in [0.1, 0.15) is 11.6 Å². The Bertz CT molecular complexity index is 758.